The zero-order valence-electron chi connectivity index (χ0n) is 17.7. The van der Waals surface area contributed by atoms with Crippen LogP contribution in [0.3, 0.4) is 0 Å². The Bertz CT molecular complexity index is 1120. The standard InChI is InChI=1S/C23H25N5O2S/c1-14(2)30-18-11-7-10-17(12-18)20-19(21(24)29)15(3)25-22-26-23(27-28(20)22)31-13-16-8-5-4-6-9-16/h4-12,14,20H,13H2,1-3H3,(H2,24,29)(H,25,26,27). The van der Waals surface area contributed by atoms with Crippen molar-refractivity contribution in [2.75, 3.05) is 5.32 Å². The van der Waals surface area contributed by atoms with Crippen LogP contribution in [0.1, 0.15) is 37.9 Å². The van der Waals surface area contributed by atoms with E-state index in [4.69, 9.17) is 15.6 Å². The third-order valence-corrected chi connectivity index (χ3v) is 5.76. The van der Waals surface area contributed by atoms with Crippen LogP contribution in [0.4, 0.5) is 5.95 Å². The lowest BCUT2D eigenvalue weighted by molar-refractivity contribution is -0.115. The molecule has 4 rings (SSSR count). The highest BCUT2D eigenvalue weighted by Crippen LogP contribution is 2.37. The average molecular weight is 436 g/mol. The van der Waals surface area contributed by atoms with Gasteiger partial charge in [-0.1, -0.05) is 54.2 Å². The minimum absolute atomic E-state index is 0.0408. The molecule has 1 aromatic heterocycles. The molecule has 3 N–H and O–H groups in total. The van der Waals surface area contributed by atoms with Crippen LogP contribution in [-0.4, -0.2) is 26.8 Å². The van der Waals surface area contributed by atoms with Crippen molar-refractivity contribution < 1.29 is 9.53 Å². The monoisotopic (exact) mass is 435 g/mol. The van der Waals surface area contributed by atoms with Crippen LogP contribution in [-0.2, 0) is 10.5 Å². The number of hydrogen-bond donors (Lipinski definition) is 2. The molecule has 0 spiro atoms. The number of hydrogen-bond acceptors (Lipinski definition) is 6. The first kappa shape index (κ1) is 21.0. The first-order valence-electron chi connectivity index (χ1n) is 10.1. The molecule has 1 aliphatic heterocycles. The minimum Gasteiger partial charge on any atom is -0.491 e. The Labute approximate surface area is 185 Å². The number of nitrogens with zero attached hydrogens (tertiary/aromatic N) is 3. The predicted molar refractivity (Wildman–Crippen MR) is 122 cm³/mol. The number of nitrogens with one attached hydrogen (secondary N) is 1. The van der Waals surface area contributed by atoms with Gasteiger partial charge in [-0.25, -0.2) is 4.68 Å². The fourth-order valence-electron chi connectivity index (χ4n) is 3.57. The van der Waals surface area contributed by atoms with Crippen molar-refractivity contribution in [3.8, 4) is 5.75 Å². The predicted octanol–water partition coefficient (Wildman–Crippen LogP) is 4.13. The van der Waals surface area contributed by atoms with Gasteiger partial charge in [0.05, 0.1) is 11.7 Å². The number of thioether (sulfide) groups is 1. The number of allylic oxidation sites excluding steroid dienone is 1. The van der Waals surface area contributed by atoms with Crippen molar-refractivity contribution in [1.29, 1.82) is 0 Å². The van der Waals surface area contributed by atoms with Crippen molar-refractivity contribution in [2.24, 2.45) is 5.73 Å². The summed E-state index contributed by atoms with van der Waals surface area (Å²) < 4.78 is 7.58. The van der Waals surface area contributed by atoms with Crippen LogP contribution in [0.2, 0.25) is 0 Å². The summed E-state index contributed by atoms with van der Waals surface area (Å²) in [5.74, 6) is 1.57. The molecular weight excluding hydrogens is 410 g/mol. The highest BCUT2D eigenvalue weighted by molar-refractivity contribution is 7.98. The molecule has 0 radical (unpaired) electrons. The maximum absolute atomic E-state index is 12.4. The number of rotatable bonds is 7. The number of carbonyl (C=O) groups is 1. The number of nitrogens with two attached hydrogens (primary N) is 1. The molecular formula is C23H25N5O2S. The second kappa shape index (κ2) is 8.85. The van der Waals surface area contributed by atoms with E-state index in [0.717, 1.165) is 17.1 Å². The number of primary amides is 1. The van der Waals surface area contributed by atoms with E-state index in [1.54, 1.807) is 16.4 Å². The van der Waals surface area contributed by atoms with Gasteiger partial charge in [-0.2, -0.15) is 4.98 Å². The van der Waals surface area contributed by atoms with Crippen LogP contribution in [0.5, 0.6) is 5.75 Å². The summed E-state index contributed by atoms with van der Waals surface area (Å²) in [6.07, 6.45) is 0.0408. The summed E-state index contributed by atoms with van der Waals surface area (Å²) in [4.78, 5) is 17.0. The van der Waals surface area contributed by atoms with Crippen LogP contribution in [0.15, 0.2) is 71.0 Å². The first-order valence-corrected chi connectivity index (χ1v) is 11.1. The molecule has 0 fully saturated rings. The summed E-state index contributed by atoms with van der Waals surface area (Å²) in [6.45, 7) is 5.78. The normalized spacial score (nSPS) is 15.5. The van der Waals surface area contributed by atoms with Crippen molar-refractivity contribution in [1.82, 2.24) is 14.8 Å². The maximum Gasteiger partial charge on any atom is 0.248 e. The topological polar surface area (TPSA) is 95.1 Å². The van der Waals surface area contributed by atoms with E-state index in [1.807, 2.05) is 63.2 Å². The number of anilines is 1. The zero-order chi connectivity index (χ0) is 22.0. The lowest BCUT2D eigenvalue weighted by Crippen LogP contribution is -2.31. The number of benzene rings is 2. The number of aromatic nitrogens is 3. The molecule has 2 heterocycles. The Balaban J connectivity index is 1.70. The molecule has 0 saturated carbocycles. The van der Waals surface area contributed by atoms with E-state index < -0.39 is 11.9 Å². The van der Waals surface area contributed by atoms with Crippen LogP contribution >= 0.6 is 11.8 Å². The second-order valence-corrected chi connectivity index (χ2v) is 8.55. The van der Waals surface area contributed by atoms with Gasteiger partial charge < -0.3 is 15.8 Å². The van der Waals surface area contributed by atoms with E-state index in [2.05, 4.69) is 22.4 Å². The molecule has 31 heavy (non-hydrogen) atoms. The smallest absolute Gasteiger partial charge is 0.248 e. The number of carbonyl (C=O) groups excluding carboxylic acids is 1. The minimum atomic E-state index is -0.496. The number of amides is 1. The fourth-order valence-corrected chi connectivity index (χ4v) is 4.36. The summed E-state index contributed by atoms with van der Waals surface area (Å²) in [6, 6.07) is 17.4. The highest BCUT2D eigenvalue weighted by Gasteiger charge is 2.33. The molecule has 2 aromatic carbocycles. The van der Waals surface area contributed by atoms with Gasteiger partial charge in [0.2, 0.25) is 17.0 Å². The van der Waals surface area contributed by atoms with E-state index in [0.29, 0.717) is 22.4 Å². The van der Waals surface area contributed by atoms with Gasteiger partial charge in [-0.3, -0.25) is 4.79 Å². The summed E-state index contributed by atoms with van der Waals surface area (Å²) in [7, 11) is 0. The average Bonchev–Trinajstić information content (AvgIpc) is 3.14. The molecule has 7 nitrogen and oxygen atoms in total. The fraction of sp³-hybridized carbons (Fsp3) is 0.261. The van der Waals surface area contributed by atoms with E-state index in [1.165, 1.54) is 5.56 Å². The van der Waals surface area contributed by atoms with Crippen molar-refractivity contribution in [3.63, 3.8) is 0 Å². The number of ether oxygens (including phenoxy) is 1. The van der Waals surface area contributed by atoms with Gasteiger partial charge in [-0.05, 0) is 44.0 Å². The molecule has 3 aromatic rings. The molecule has 1 amide bonds. The largest absolute Gasteiger partial charge is 0.491 e. The quantitative estimate of drug-likeness (QED) is 0.542. The Kier molecular flexibility index (Phi) is 5.99. The van der Waals surface area contributed by atoms with Gasteiger partial charge in [0.25, 0.3) is 0 Å². The highest BCUT2D eigenvalue weighted by atomic mass is 32.2. The van der Waals surface area contributed by atoms with Crippen LogP contribution in [0, 0.1) is 0 Å². The summed E-state index contributed by atoms with van der Waals surface area (Å²) in [5, 5.41) is 8.51. The Morgan fingerprint density at radius 1 is 1.23 bits per heavy atom. The van der Waals surface area contributed by atoms with E-state index in [-0.39, 0.29) is 6.10 Å². The molecule has 160 valence electrons. The zero-order valence-corrected chi connectivity index (χ0v) is 18.5. The van der Waals surface area contributed by atoms with E-state index >= 15 is 0 Å². The van der Waals surface area contributed by atoms with E-state index in [9.17, 15) is 4.79 Å². The molecule has 0 bridgehead atoms. The summed E-state index contributed by atoms with van der Waals surface area (Å²) in [5.41, 5.74) is 8.95. The van der Waals surface area contributed by atoms with Crippen molar-refractivity contribution in [2.45, 2.75) is 43.8 Å². The van der Waals surface area contributed by atoms with Gasteiger partial charge >= 0.3 is 0 Å². The van der Waals surface area contributed by atoms with Crippen LogP contribution in [0.25, 0.3) is 0 Å². The Morgan fingerprint density at radius 3 is 2.71 bits per heavy atom. The molecule has 1 unspecified atom stereocenters. The Hall–Kier alpha value is -3.26. The second-order valence-electron chi connectivity index (χ2n) is 7.61. The Morgan fingerprint density at radius 2 is 2.00 bits per heavy atom. The van der Waals surface area contributed by atoms with Crippen molar-refractivity contribution >= 4 is 23.6 Å². The maximum atomic E-state index is 12.4. The first-order chi connectivity index (χ1) is 14.9. The van der Waals surface area contributed by atoms with Crippen LogP contribution < -0.4 is 15.8 Å². The lowest BCUT2D eigenvalue weighted by atomic mass is 9.95. The van der Waals surface area contributed by atoms with Gasteiger partial charge in [0.1, 0.15) is 11.8 Å². The van der Waals surface area contributed by atoms with Crippen molar-refractivity contribution in [3.05, 3.63) is 77.0 Å². The molecule has 1 atom stereocenters. The van der Waals surface area contributed by atoms with Gasteiger partial charge in [0, 0.05) is 11.4 Å². The third kappa shape index (κ3) is 4.59. The third-order valence-electron chi connectivity index (χ3n) is 4.85. The SMILES string of the molecule is CC1=C(C(N)=O)C(c2cccc(OC(C)C)c2)n2nc(SCc3ccccc3)nc2N1. The van der Waals surface area contributed by atoms with Gasteiger partial charge in [-0.15, -0.1) is 5.10 Å². The molecule has 0 aliphatic carbocycles. The molecule has 0 saturated heterocycles. The lowest BCUT2D eigenvalue weighted by Gasteiger charge is -2.28. The summed E-state index contributed by atoms with van der Waals surface area (Å²) >= 11 is 1.54. The molecule has 8 heteroatoms. The number of fused-ring (bicyclic) bond motifs is 1. The van der Waals surface area contributed by atoms with Gasteiger partial charge in [0.15, 0.2) is 0 Å². The molecule has 1 aliphatic rings.